The van der Waals surface area contributed by atoms with Gasteiger partial charge in [0, 0.05) is 12.2 Å². The van der Waals surface area contributed by atoms with E-state index < -0.39 is 0 Å². The number of hydrogen-bond donors (Lipinski definition) is 2. The van der Waals surface area contributed by atoms with Crippen LogP contribution in [0.3, 0.4) is 0 Å². The molecule has 0 atom stereocenters. The Morgan fingerprint density at radius 1 is 1.21 bits per heavy atom. The molecule has 0 bridgehead atoms. The molecule has 0 saturated heterocycles. The topological polar surface area (TPSA) is 24.1 Å². The lowest BCUT2D eigenvalue weighted by molar-refractivity contribution is 0.627. The number of rotatable bonds is 4. The molecule has 0 unspecified atom stereocenters. The Hall–Kier alpha value is -1.68. The Kier molecular flexibility index (Phi) is 5.10. The van der Waals surface area contributed by atoms with Gasteiger partial charge in [-0.3, -0.25) is 0 Å². The second-order valence-electron chi connectivity index (χ2n) is 4.40. The maximum Gasteiger partial charge on any atom is 0.170 e. The Morgan fingerprint density at radius 3 is 2.68 bits per heavy atom. The monoisotopic (exact) mass is 276 g/mol. The molecule has 0 heterocycles. The first kappa shape index (κ1) is 13.7. The molecule has 0 spiro atoms. The van der Waals surface area contributed by atoms with Gasteiger partial charge in [-0.25, -0.2) is 4.39 Å². The average molecular weight is 276 g/mol. The summed E-state index contributed by atoms with van der Waals surface area (Å²) >= 11 is 5.21. The van der Waals surface area contributed by atoms with Crippen molar-refractivity contribution in [1.29, 1.82) is 0 Å². The first-order valence-electron chi connectivity index (χ1n) is 6.40. The van der Waals surface area contributed by atoms with E-state index in [1.807, 2.05) is 6.08 Å². The van der Waals surface area contributed by atoms with Crippen molar-refractivity contribution in [1.82, 2.24) is 10.6 Å². The molecule has 19 heavy (non-hydrogen) atoms. The van der Waals surface area contributed by atoms with Crippen molar-refractivity contribution in [3.63, 3.8) is 0 Å². The van der Waals surface area contributed by atoms with Crippen LogP contribution in [-0.2, 0) is 6.42 Å². The molecular weight excluding hydrogens is 259 g/mol. The van der Waals surface area contributed by atoms with Gasteiger partial charge in [0.2, 0.25) is 0 Å². The van der Waals surface area contributed by atoms with E-state index in [1.165, 1.54) is 12.1 Å². The van der Waals surface area contributed by atoms with Crippen LogP contribution in [-0.4, -0.2) is 11.7 Å². The predicted octanol–water partition coefficient (Wildman–Crippen LogP) is 3.07. The van der Waals surface area contributed by atoms with Crippen LogP contribution >= 0.6 is 12.2 Å². The van der Waals surface area contributed by atoms with Crippen molar-refractivity contribution < 1.29 is 4.39 Å². The Bertz CT molecular complexity index is 491. The Labute approximate surface area is 118 Å². The van der Waals surface area contributed by atoms with Crippen LogP contribution in [0.1, 0.15) is 18.4 Å². The number of halogens is 1. The highest BCUT2D eigenvalue weighted by molar-refractivity contribution is 7.80. The number of nitrogens with one attached hydrogen (secondary N) is 2. The standard InChI is InChI=1S/C15H17FN2S/c16-13-8-6-12(7-9-13)10-11-17-15(19)18-14-4-2-1-3-5-14/h2,4-9H,1,3,10-11H2,(H2,17,18,19). The van der Waals surface area contributed by atoms with E-state index in [-0.39, 0.29) is 5.82 Å². The Balaban J connectivity index is 1.70. The lowest BCUT2D eigenvalue weighted by Crippen LogP contribution is -2.35. The molecule has 1 aliphatic carbocycles. The second kappa shape index (κ2) is 7.04. The van der Waals surface area contributed by atoms with E-state index >= 15 is 0 Å². The lowest BCUT2D eigenvalue weighted by Gasteiger charge is -2.13. The van der Waals surface area contributed by atoms with E-state index in [9.17, 15) is 4.39 Å². The van der Waals surface area contributed by atoms with Crippen LogP contribution in [0.15, 0.2) is 48.2 Å². The van der Waals surface area contributed by atoms with E-state index in [1.54, 1.807) is 12.1 Å². The quantitative estimate of drug-likeness (QED) is 0.827. The molecule has 0 aliphatic heterocycles. The summed E-state index contributed by atoms with van der Waals surface area (Å²) in [6, 6.07) is 6.53. The summed E-state index contributed by atoms with van der Waals surface area (Å²) in [6.07, 6.45) is 9.26. The van der Waals surface area contributed by atoms with Crippen LogP contribution < -0.4 is 10.6 Å². The molecule has 100 valence electrons. The minimum Gasteiger partial charge on any atom is -0.362 e. The highest BCUT2D eigenvalue weighted by Gasteiger charge is 2.00. The molecule has 2 rings (SSSR count). The number of allylic oxidation sites excluding steroid dienone is 3. The van der Waals surface area contributed by atoms with Crippen molar-refractivity contribution in [2.75, 3.05) is 6.54 Å². The van der Waals surface area contributed by atoms with Crippen LogP contribution in [0, 0.1) is 5.82 Å². The van der Waals surface area contributed by atoms with E-state index in [2.05, 4.69) is 22.8 Å². The summed E-state index contributed by atoms with van der Waals surface area (Å²) in [7, 11) is 0. The molecule has 0 aromatic heterocycles. The van der Waals surface area contributed by atoms with Crippen LogP contribution in [0.5, 0.6) is 0 Å². The largest absolute Gasteiger partial charge is 0.362 e. The number of hydrogen-bond acceptors (Lipinski definition) is 1. The van der Waals surface area contributed by atoms with Gasteiger partial charge >= 0.3 is 0 Å². The van der Waals surface area contributed by atoms with Gasteiger partial charge in [-0.2, -0.15) is 0 Å². The van der Waals surface area contributed by atoms with Gasteiger partial charge in [0.05, 0.1) is 0 Å². The molecule has 1 aromatic rings. The van der Waals surface area contributed by atoms with Crippen LogP contribution in [0.2, 0.25) is 0 Å². The molecule has 1 aromatic carbocycles. The Morgan fingerprint density at radius 2 is 2.00 bits per heavy atom. The van der Waals surface area contributed by atoms with Crippen molar-refractivity contribution in [3.8, 4) is 0 Å². The van der Waals surface area contributed by atoms with Gasteiger partial charge in [0.1, 0.15) is 5.82 Å². The molecule has 0 fully saturated rings. The fourth-order valence-electron chi connectivity index (χ4n) is 1.85. The fraction of sp³-hybridized carbons (Fsp3) is 0.267. The van der Waals surface area contributed by atoms with Gasteiger partial charge < -0.3 is 10.6 Å². The summed E-state index contributed by atoms with van der Waals surface area (Å²) in [5.74, 6) is -0.204. The average Bonchev–Trinajstić information content (AvgIpc) is 2.42. The smallest absolute Gasteiger partial charge is 0.170 e. The van der Waals surface area contributed by atoms with E-state index in [0.717, 1.165) is 37.1 Å². The maximum atomic E-state index is 12.7. The zero-order valence-corrected chi connectivity index (χ0v) is 11.5. The SMILES string of the molecule is Fc1ccc(CCNC(=S)NC2=CCCC=C2)cc1. The van der Waals surface area contributed by atoms with Crippen molar-refractivity contribution in [2.45, 2.75) is 19.3 Å². The first-order valence-corrected chi connectivity index (χ1v) is 6.81. The minimum absolute atomic E-state index is 0.204. The molecule has 2 nitrogen and oxygen atoms in total. The second-order valence-corrected chi connectivity index (χ2v) is 4.80. The molecule has 1 aliphatic rings. The van der Waals surface area contributed by atoms with Crippen LogP contribution in [0.4, 0.5) is 4.39 Å². The van der Waals surface area contributed by atoms with Crippen LogP contribution in [0.25, 0.3) is 0 Å². The summed E-state index contributed by atoms with van der Waals surface area (Å²) in [5, 5.41) is 6.92. The van der Waals surface area contributed by atoms with Gasteiger partial charge in [0.25, 0.3) is 0 Å². The molecule has 2 N–H and O–H groups in total. The fourth-order valence-corrected chi connectivity index (χ4v) is 2.07. The highest BCUT2D eigenvalue weighted by Crippen LogP contribution is 2.06. The third-order valence-corrected chi connectivity index (χ3v) is 3.11. The number of thiocarbonyl (C=S) groups is 1. The third-order valence-electron chi connectivity index (χ3n) is 2.87. The summed E-state index contributed by atoms with van der Waals surface area (Å²) in [4.78, 5) is 0. The summed E-state index contributed by atoms with van der Waals surface area (Å²) in [5.41, 5.74) is 2.14. The number of benzene rings is 1. The predicted molar refractivity (Wildman–Crippen MR) is 80.3 cm³/mol. The lowest BCUT2D eigenvalue weighted by atomic mass is 10.1. The molecule has 0 radical (unpaired) electrons. The van der Waals surface area contributed by atoms with Gasteiger partial charge in [0.15, 0.2) is 5.11 Å². The van der Waals surface area contributed by atoms with E-state index in [0.29, 0.717) is 5.11 Å². The van der Waals surface area contributed by atoms with Crippen molar-refractivity contribution >= 4 is 17.3 Å². The molecule has 4 heteroatoms. The first-order chi connectivity index (χ1) is 9.24. The third kappa shape index (κ3) is 4.83. The van der Waals surface area contributed by atoms with Crippen molar-refractivity contribution in [2.24, 2.45) is 0 Å². The van der Waals surface area contributed by atoms with Crippen molar-refractivity contribution in [3.05, 3.63) is 59.6 Å². The normalized spacial score (nSPS) is 13.8. The molecule has 0 amide bonds. The summed E-state index contributed by atoms with van der Waals surface area (Å²) < 4.78 is 12.7. The minimum atomic E-state index is -0.204. The van der Waals surface area contributed by atoms with Gasteiger partial charge in [-0.15, -0.1) is 0 Å². The maximum absolute atomic E-state index is 12.7. The molecular formula is C15H17FN2S. The zero-order valence-electron chi connectivity index (χ0n) is 10.7. The molecule has 0 saturated carbocycles. The zero-order chi connectivity index (χ0) is 13.5. The van der Waals surface area contributed by atoms with Gasteiger partial charge in [-0.05, 0) is 55.3 Å². The highest BCUT2D eigenvalue weighted by atomic mass is 32.1. The summed E-state index contributed by atoms with van der Waals surface area (Å²) in [6.45, 7) is 0.731. The van der Waals surface area contributed by atoms with E-state index in [4.69, 9.17) is 12.2 Å². The van der Waals surface area contributed by atoms with Gasteiger partial charge in [-0.1, -0.05) is 24.3 Å².